The van der Waals surface area contributed by atoms with Gasteiger partial charge in [0.2, 0.25) is 5.91 Å². The third-order valence-corrected chi connectivity index (χ3v) is 6.79. The number of nitrogens with zero attached hydrogens (tertiary/aromatic N) is 1. The quantitative estimate of drug-likeness (QED) is 0.560. The van der Waals surface area contributed by atoms with E-state index in [0.717, 1.165) is 33.8 Å². The smallest absolute Gasteiger partial charge is 0.340 e. The van der Waals surface area contributed by atoms with Crippen LogP contribution in [0, 0.1) is 6.92 Å². The lowest BCUT2D eigenvalue weighted by Crippen LogP contribution is -2.42. The van der Waals surface area contributed by atoms with E-state index in [1.807, 2.05) is 60.0 Å². The Labute approximate surface area is 185 Å². The zero-order chi connectivity index (χ0) is 22.0. The maximum atomic E-state index is 13.3. The molecule has 4 rings (SSSR count). The third-order valence-electron chi connectivity index (χ3n) is 5.77. The first-order chi connectivity index (χ1) is 15.0. The van der Waals surface area contributed by atoms with Crippen molar-refractivity contribution >= 4 is 28.6 Å². The lowest BCUT2D eigenvalue weighted by Gasteiger charge is -2.36. The Morgan fingerprint density at radius 2 is 1.84 bits per heavy atom. The molecule has 0 saturated carbocycles. The molecule has 7 heteroatoms. The average Bonchev–Trinajstić information content (AvgIpc) is 2.81. The van der Waals surface area contributed by atoms with Gasteiger partial charge in [-0.3, -0.25) is 4.79 Å². The molecule has 0 N–H and O–H groups in total. The topological polar surface area (TPSA) is 69.0 Å². The Hall–Kier alpha value is -2.93. The van der Waals surface area contributed by atoms with Gasteiger partial charge in [-0.05, 0) is 42.3 Å². The Bertz CT molecular complexity index is 1160. The van der Waals surface area contributed by atoms with E-state index >= 15 is 0 Å². The molecule has 1 aliphatic rings. The number of amides is 1. The summed E-state index contributed by atoms with van der Waals surface area (Å²) in [6, 6.07) is 13.2. The molecule has 0 unspecified atom stereocenters. The van der Waals surface area contributed by atoms with E-state index in [9.17, 15) is 9.59 Å². The summed E-state index contributed by atoms with van der Waals surface area (Å²) in [5, 5.41) is 0.809. The minimum Gasteiger partial charge on any atom is -0.497 e. The van der Waals surface area contributed by atoms with Crippen LogP contribution in [0.15, 0.2) is 51.7 Å². The summed E-state index contributed by atoms with van der Waals surface area (Å²) < 4.78 is 16.0. The van der Waals surface area contributed by atoms with Crippen LogP contribution >= 0.6 is 11.8 Å². The van der Waals surface area contributed by atoms with Gasteiger partial charge in [0, 0.05) is 29.5 Å². The van der Waals surface area contributed by atoms with E-state index in [-0.39, 0.29) is 18.4 Å². The molecule has 0 spiro atoms. The van der Waals surface area contributed by atoms with Crippen molar-refractivity contribution in [2.24, 2.45) is 0 Å². The predicted molar refractivity (Wildman–Crippen MR) is 122 cm³/mol. The van der Waals surface area contributed by atoms with Crippen molar-refractivity contribution in [3.63, 3.8) is 0 Å². The molecule has 1 fully saturated rings. The van der Waals surface area contributed by atoms with Gasteiger partial charge in [-0.2, -0.15) is 11.8 Å². The molecule has 162 valence electrons. The second-order valence-electron chi connectivity index (χ2n) is 7.48. The summed E-state index contributed by atoms with van der Waals surface area (Å²) in [5.41, 5.74) is 2.24. The van der Waals surface area contributed by atoms with Crippen LogP contribution in [0.5, 0.6) is 11.5 Å². The molecular weight excluding hydrogens is 414 g/mol. The minimum absolute atomic E-state index is 0.0213. The van der Waals surface area contributed by atoms with Crippen molar-refractivity contribution in [2.45, 2.75) is 19.4 Å². The fourth-order valence-corrected chi connectivity index (χ4v) is 5.05. The number of benzene rings is 2. The number of hydrogen-bond acceptors (Lipinski definition) is 6. The predicted octanol–water partition coefficient (Wildman–Crippen LogP) is 3.98. The first kappa shape index (κ1) is 21.3. The number of carbonyl (C=O) groups is 1. The summed E-state index contributed by atoms with van der Waals surface area (Å²) in [6.07, 6.45) is 0.0213. The summed E-state index contributed by atoms with van der Waals surface area (Å²) in [6.45, 7) is 2.51. The molecule has 31 heavy (non-hydrogen) atoms. The molecule has 1 atom stereocenters. The second-order valence-corrected chi connectivity index (χ2v) is 8.63. The summed E-state index contributed by atoms with van der Waals surface area (Å²) >= 11 is 1.83. The van der Waals surface area contributed by atoms with Gasteiger partial charge >= 0.3 is 5.63 Å². The van der Waals surface area contributed by atoms with Crippen molar-refractivity contribution in [3.8, 4) is 11.5 Å². The largest absolute Gasteiger partial charge is 0.497 e. The van der Waals surface area contributed by atoms with Gasteiger partial charge in [-0.25, -0.2) is 4.79 Å². The van der Waals surface area contributed by atoms with Crippen LogP contribution in [0.2, 0.25) is 0 Å². The van der Waals surface area contributed by atoms with Gasteiger partial charge < -0.3 is 18.8 Å². The molecular formula is C24H25NO5S. The van der Waals surface area contributed by atoms with E-state index in [0.29, 0.717) is 23.4 Å². The van der Waals surface area contributed by atoms with Crippen molar-refractivity contribution in [1.82, 2.24) is 4.90 Å². The maximum Gasteiger partial charge on any atom is 0.340 e. The number of thioether (sulfide) groups is 1. The van der Waals surface area contributed by atoms with Crippen molar-refractivity contribution in [3.05, 3.63) is 69.6 Å². The zero-order valence-electron chi connectivity index (χ0n) is 17.8. The molecule has 0 bridgehead atoms. The van der Waals surface area contributed by atoms with E-state index in [2.05, 4.69) is 0 Å². The maximum absolute atomic E-state index is 13.3. The molecule has 1 saturated heterocycles. The van der Waals surface area contributed by atoms with Gasteiger partial charge in [0.15, 0.2) is 0 Å². The van der Waals surface area contributed by atoms with Gasteiger partial charge in [-0.15, -0.1) is 0 Å². The number of ether oxygens (including phenoxy) is 2. The van der Waals surface area contributed by atoms with Gasteiger partial charge in [0.25, 0.3) is 0 Å². The Kier molecular flexibility index (Phi) is 6.23. The number of carbonyl (C=O) groups excluding carboxylic acids is 1. The van der Waals surface area contributed by atoms with Crippen LogP contribution in [0.25, 0.3) is 11.0 Å². The average molecular weight is 440 g/mol. The monoisotopic (exact) mass is 439 g/mol. The molecule has 6 nitrogen and oxygen atoms in total. The molecule has 0 aliphatic carbocycles. The van der Waals surface area contributed by atoms with Crippen LogP contribution in [0.4, 0.5) is 0 Å². The Balaban J connectivity index is 1.62. The lowest BCUT2D eigenvalue weighted by molar-refractivity contribution is -0.132. The summed E-state index contributed by atoms with van der Waals surface area (Å²) in [5.74, 6) is 3.04. The fraction of sp³-hybridized carbons (Fsp3) is 0.333. The number of aryl methyl sites for hydroxylation is 1. The summed E-state index contributed by atoms with van der Waals surface area (Å²) in [7, 11) is 3.20. The highest BCUT2D eigenvalue weighted by molar-refractivity contribution is 7.99. The van der Waals surface area contributed by atoms with Crippen LogP contribution in [-0.4, -0.2) is 43.1 Å². The molecule has 1 aromatic heterocycles. The van der Waals surface area contributed by atoms with Gasteiger partial charge in [0.05, 0.1) is 32.2 Å². The Morgan fingerprint density at radius 3 is 2.55 bits per heavy atom. The number of rotatable bonds is 5. The second kappa shape index (κ2) is 9.06. The standard InChI is InChI=1S/C24H25NO5S/c1-15-19-9-8-18(29-3)12-22(19)30-24(27)20(15)13-23(26)25-10-11-31-14-21(25)16-4-6-17(28-2)7-5-16/h4-9,12,21H,10-11,13-14H2,1-3H3/t21-/m1/s1. The van der Waals surface area contributed by atoms with E-state index < -0.39 is 5.63 Å². The van der Waals surface area contributed by atoms with Crippen LogP contribution in [0.3, 0.4) is 0 Å². The first-order valence-electron chi connectivity index (χ1n) is 10.1. The normalized spacial score (nSPS) is 16.4. The highest BCUT2D eigenvalue weighted by Crippen LogP contribution is 2.31. The van der Waals surface area contributed by atoms with E-state index in [4.69, 9.17) is 13.9 Å². The fourth-order valence-electron chi connectivity index (χ4n) is 3.96. The third kappa shape index (κ3) is 4.28. The van der Waals surface area contributed by atoms with Crippen molar-refractivity contribution < 1.29 is 18.7 Å². The van der Waals surface area contributed by atoms with Gasteiger partial charge in [-0.1, -0.05) is 12.1 Å². The molecule has 1 amide bonds. The van der Waals surface area contributed by atoms with Crippen molar-refractivity contribution in [1.29, 1.82) is 0 Å². The molecule has 1 aliphatic heterocycles. The van der Waals surface area contributed by atoms with Gasteiger partial charge in [0.1, 0.15) is 17.1 Å². The number of methoxy groups -OCH3 is 2. The highest BCUT2D eigenvalue weighted by Gasteiger charge is 2.29. The number of hydrogen-bond donors (Lipinski definition) is 0. The zero-order valence-corrected chi connectivity index (χ0v) is 18.7. The Morgan fingerprint density at radius 1 is 1.13 bits per heavy atom. The molecule has 2 aromatic carbocycles. The van der Waals surface area contributed by atoms with Crippen LogP contribution in [0.1, 0.15) is 22.7 Å². The molecule has 2 heterocycles. The lowest BCUT2D eigenvalue weighted by atomic mass is 10.0. The van der Waals surface area contributed by atoms with Crippen LogP contribution in [-0.2, 0) is 11.2 Å². The summed E-state index contributed by atoms with van der Waals surface area (Å²) in [4.78, 5) is 27.9. The molecule has 0 radical (unpaired) electrons. The van der Waals surface area contributed by atoms with Crippen molar-refractivity contribution in [2.75, 3.05) is 32.3 Å². The highest BCUT2D eigenvalue weighted by atomic mass is 32.2. The molecule has 3 aromatic rings. The minimum atomic E-state index is -0.473. The van der Waals surface area contributed by atoms with E-state index in [1.54, 1.807) is 20.3 Å². The number of fused-ring (bicyclic) bond motifs is 1. The van der Waals surface area contributed by atoms with E-state index in [1.165, 1.54) is 0 Å². The van der Waals surface area contributed by atoms with Crippen LogP contribution < -0.4 is 15.1 Å². The SMILES string of the molecule is COc1ccc([C@H]2CSCCN2C(=O)Cc2c(C)c3ccc(OC)cc3oc2=O)cc1. The first-order valence-corrected chi connectivity index (χ1v) is 11.3.